The van der Waals surface area contributed by atoms with E-state index >= 15 is 0 Å². The van der Waals surface area contributed by atoms with Gasteiger partial charge in [-0.2, -0.15) is 0 Å². The van der Waals surface area contributed by atoms with Crippen LogP contribution in [0.3, 0.4) is 0 Å². The number of nitrogens with zero attached hydrogens (tertiary/aromatic N) is 4. The zero-order valence-corrected chi connectivity index (χ0v) is 58.2. The molecule has 0 fully saturated rings. The van der Waals surface area contributed by atoms with Gasteiger partial charge in [0.25, 0.3) is 0 Å². The lowest BCUT2D eigenvalue weighted by atomic mass is 9.92. The van der Waals surface area contributed by atoms with E-state index in [1.807, 2.05) is 0 Å². The van der Waals surface area contributed by atoms with Crippen molar-refractivity contribution >= 4 is 77.5 Å². The third-order valence-electron chi connectivity index (χ3n) is 20.9. The van der Waals surface area contributed by atoms with Crippen LogP contribution < -0.4 is 9.80 Å². The number of hydrogen-bond acceptors (Lipinski definition) is 2. The van der Waals surface area contributed by atoms with Gasteiger partial charge >= 0.3 is 0 Å². The summed E-state index contributed by atoms with van der Waals surface area (Å²) in [7, 11) is 0. The van der Waals surface area contributed by atoms with Gasteiger partial charge in [-0.3, -0.25) is 0 Å². The normalized spacial score (nSPS) is 11.4. The molecule has 4 nitrogen and oxygen atoms in total. The summed E-state index contributed by atoms with van der Waals surface area (Å²) in [5.74, 6) is 0. The Balaban J connectivity index is 0.779. The van der Waals surface area contributed by atoms with Crippen molar-refractivity contribution in [2.24, 2.45) is 0 Å². The Kier molecular flexibility index (Phi) is 16.2. The van der Waals surface area contributed by atoms with E-state index in [-0.39, 0.29) is 0 Å². The van der Waals surface area contributed by atoms with Crippen molar-refractivity contribution in [1.82, 2.24) is 9.13 Å². The molecule has 0 amide bonds. The van der Waals surface area contributed by atoms with Crippen LogP contribution >= 0.6 is 0 Å². The molecule has 2 heterocycles. The van der Waals surface area contributed by atoms with Crippen molar-refractivity contribution in [2.45, 2.75) is 0 Å². The van der Waals surface area contributed by atoms with Crippen molar-refractivity contribution in [3.8, 4) is 101 Å². The van der Waals surface area contributed by atoms with Gasteiger partial charge in [-0.15, -0.1) is 0 Å². The lowest BCUT2D eigenvalue weighted by molar-refractivity contribution is 1.14. The first-order chi connectivity index (χ1) is 52.6. The molecule has 0 aliphatic carbocycles. The van der Waals surface area contributed by atoms with E-state index in [0.29, 0.717) is 0 Å². The molecule has 0 aliphatic rings. The number of rotatable bonds is 16. The molecule has 0 spiro atoms. The van der Waals surface area contributed by atoms with E-state index < -0.39 is 0 Å². The summed E-state index contributed by atoms with van der Waals surface area (Å²) in [5.41, 5.74) is 29.5. The van der Waals surface area contributed by atoms with Crippen LogP contribution in [0.25, 0.3) is 144 Å². The van der Waals surface area contributed by atoms with Crippen LogP contribution in [0.4, 0.5) is 34.1 Å². The number of benzene rings is 17. The third kappa shape index (κ3) is 11.4. The molecule has 17 aromatic carbocycles. The highest BCUT2D eigenvalue weighted by molar-refractivity contribution is 6.22. The topological polar surface area (TPSA) is 16.3 Å². The summed E-state index contributed by atoms with van der Waals surface area (Å²) < 4.78 is 4.98. The molecule has 0 atom stereocenters. The largest absolute Gasteiger partial charge is 0.311 e. The molecule has 0 aliphatic heterocycles. The summed E-state index contributed by atoms with van der Waals surface area (Å²) in [6.07, 6.45) is 0. The molecule has 106 heavy (non-hydrogen) atoms. The van der Waals surface area contributed by atoms with E-state index in [4.69, 9.17) is 0 Å². The number of fused-ring (bicyclic) bond motifs is 6. The molecule has 0 saturated carbocycles. The molecule has 0 radical (unpaired) electrons. The van der Waals surface area contributed by atoms with Crippen LogP contribution in [0, 0.1) is 0 Å². The minimum atomic E-state index is 1.02. The molecule has 0 saturated heterocycles. The maximum atomic E-state index is 2.49. The van der Waals surface area contributed by atoms with Crippen molar-refractivity contribution in [2.75, 3.05) is 9.80 Å². The standard InChI is InChI=1S/C102H70N4/c1-9-29-71(30-10-1)73-49-57-83(58-50-73)103(84-59-51-74(52-60-84)72-31-11-2-12-32-72)87-65-67-88(68-66-87)104(85-61-53-75(54-62-85)93-69-95-97(77-33-13-3-14-34-77)99(79-37-17-5-18-38-79)105(81-41-21-7-22-42-81)101(95)91-47-27-25-45-89(91)93)86-63-55-76(56-64-86)94-70-96-98(78-35-15-4-16-36-78)100(80-39-19-6-20-40-80)106(82-43-23-8-24-44-82)102(96)92-48-28-26-46-90(92)94/h1-70H. The number of para-hydroxylation sites is 2. The number of aromatic nitrogens is 2. The van der Waals surface area contributed by atoms with Gasteiger partial charge in [0.1, 0.15) is 0 Å². The summed E-state index contributed by atoms with van der Waals surface area (Å²) in [5, 5.41) is 7.12. The molecule has 4 heteroatoms. The maximum absolute atomic E-state index is 2.49. The Bertz CT molecular complexity index is 5950. The first-order valence-electron chi connectivity index (χ1n) is 36.4. The van der Waals surface area contributed by atoms with Crippen molar-refractivity contribution in [1.29, 1.82) is 0 Å². The van der Waals surface area contributed by atoms with Gasteiger partial charge < -0.3 is 18.9 Å². The van der Waals surface area contributed by atoms with Gasteiger partial charge in [0.15, 0.2) is 0 Å². The highest BCUT2D eigenvalue weighted by atomic mass is 15.2. The average Bonchev–Trinajstić information content (AvgIpc) is 1.54. The summed E-state index contributed by atoms with van der Waals surface area (Å²) in [6.45, 7) is 0. The van der Waals surface area contributed by atoms with Crippen molar-refractivity contribution in [3.63, 3.8) is 0 Å². The van der Waals surface area contributed by atoms with Gasteiger partial charge in [0, 0.05) is 78.2 Å². The van der Waals surface area contributed by atoms with E-state index in [1.165, 1.54) is 99.0 Å². The zero-order valence-electron chi connectivity index (χ0n) is 58.2. The molecular weight excluding hydrogens is 1280 g/mol. The quantitative estimate of drug-likeness (QED) is 0.0959. The van der Waals surface area contributed by atoms with Crippen LogP contribution in [0.2, 0.25) is 0 Å². The van der Waals surface area contributed by atoms with E-state index in [0.717, 1.165) is 79.1 Å². The predicted octanol–water partition coefficient (Wildman–Crippen LogP) is 28.2. The van der Waals surface area contributed by atoms with Crippen molar-refractivity contribution < 1.29 is 0 Å². The van der Waals surface area contributed by atoms with Crippen molar-refractivity contribution in [3.05, 3.63) is 425 Å². The zero-order chi connectivity index (χ0) is 70.3. The minimum Gasteiger partial charge on any atom is -0.311 e. The second-order valence-electron chi connectivity index (χ2n) is 27.1. The predicted molar refractivity (Wildman–Crippen MR) is 448 cm³/mol. The highest BCUT2D eigenvalue weighted by Gasteiger charge is 2.28. The second kappa shape index (κ2) is 27.4. The molecule has 498 valence electrons. The molecule has 0 bridgehead atoms. The monoisotopic (exact) mass is 1350 g/mol. The molecule has 2 aromatic heterocycles. The van der Waals surface area contributed by atoms with E-state index in [2.05, 4.69) is 444 Å². The number of anilines is 6. The number of hydrogen-bond donors (Lipinski definition) is 0. The van der Waals surface area contributed by atoms with E-state index in [1.54, 1.807) is 0 Å². The fourth-order valence-corrected chi connectivity index (χ4v) is 16.1. The molecule has 19 aromatic rings. The van der Waals surface area contributed by atoms with Gasteiger partial charge in [-0.25, -0.2) is 0 Å². The minimum absolute atomic E-state index is 1.02. The second-order valence-corrected chi connectivity index (χ2v) is 27.1. The Morgan fingerprint density at radius 2 is 0.377 bits per heavy atom. The maximum Gasteiger partial charge on any atom is 0.0620 e. The Morgan fingerprint density at radius 1 is 0.160 bits per heavy atom. The fourth-order valence-electron chi connectivity index (χ4n) is 16.1. The smallest absolute Gasteiger partial charge is 0.0620 e. The fraction of sp³-hybridized carbons (Fsp3) is 0. The van der Waals surface area contributed by atoms with Crippen LogP contribution in [0.1, 0.15) is 0 Å². The van der Waals surface area contributed by atoms with Gasteiger partial charge in [0.05, 0.1) is 22.4 Å². The Labute approximate surface area is 617 Å². The van der Waals surface area contributed by atoms with Gasteiger partial charge in [-0.1, -0.05) is 315 Å². The first-order valence-corrected chi connectivity index (χ1v) is 36.4. The van der Waals surface area contributed by atoms with Crippen LogP contribution in [-0.2, 0) is 0 Å². The molecule has 0 N–H and O–H groups in total. The summed E-state index contributed by atoms with van der Waals surface area (Å²) in [6, 6.07) is 155. The van der Waals surface area contributed by atoms with E-state index in [9.17, 15) is 0 Å². The first kappa shape index (κ1) is 62.9. The molecule has 0 unspecified atom stereocenters. The molecule has 19 rings (SSSR count). The summed E-state index contributed by atoms with van der Waals surface area (Å²) in [4.78, 5) is 4.77. The summed E-state index contributed by atoms with van der Waals surface area (Å²) >= 11 is 0. The van der Waals surface area contributed by atoms with Gasteiger partial charge in [0.2, 0.25) is 0 Å². The molecular formula is C102H70N4. The van der Waals surface area contributed by atoms with Crippen LogP contribution in [0.5, 0.6) is 0 Å². The lowest BCUT2D eigenvalue weighted by Gasteiger charge is -2.29. The highest BCUT2D eigenvalue weighted by Crippen LogP contribution is 2.51. The third-order valence-corrected chi connectivity index (χ3v) is 20.9. The Morgan fingerprint density at radius 3 is 0.670 bits per heavy atom. The average molecular weight is 1350 g/mol. The SMILES string of the molecule is c1ccc(-c2ccc(N(c3ccc(-c4ccccc4)cc3)c3ccc(N(c4ccc(-c5cc6c(-c7ccccc7)c(-c7ccccc7)n(-c7ccccc7)c6c6ccccc56)cc4)c4ccc(-c5cc6c(-c7ccccc7)c(-c7ccccc7)n(-c7ccccc7)c6c6ccccc56)cc4)cc3)cc2)cc1. The Hall–Kier alpha value is -14.1. The van der Waals surface area contributed by atoms with Crippen LogP contribution in [-0.4, -0.2) is 9.13 Å². The lowest BCUT2D eigenvalue weighted by Crippen LogP contribution is -2.12. The van der Waals surface area contributed by atoms with Gasteiger partial charge in [-0.05, 0) is 187 Å². The van der Waals surface area contributed by atoms with Crippen LogP contribution in [0.15, 0.2) is 425 Å².